The van der Waals surface area contributed by atoms with Gasteiger partial charge >= 0.3 is 0 Å². The van der Waals surface area contributed by atoms with E-state index in [-0.39, 0.29) is 29.3 Å². The number of carbonyl (C=O) groups excluding carboxylic acids is 1. The highest BCUT2D eigenvalue weighted by Gasteiger charge is 2.55. The van der Waals surface area contributed by atoms with Crippen LogP contribution in [0.3, 0.4) is 0 Å². The van der Waals surface area contributed by atoms with E-state index < -0.39 is 112 Å². The molecule has 264 valence electrons. The predicted octanol–water partition coefficient (Wildman–Crippen LogP) is -2.79. The maximum atomic E-state index is 12.9. The van der Waals surface area contributed by atoms with Gasteiger partial charge in [-0.2, -0.15) is 0 Å². The van der Waals surface area contributed by atoms with Gasteiger partial charge in [0.1, 0.15) is 70.6 Å². The fourth-order valence-electron chi connectivity index (χ4n) is 5.98. The van der Waals surface area contributed by atoms with Gasteiger partial charge in [0, 0.05) is 12.1 Å². The van der Waals surface area contributed by atoms with Gasteiger partial charge in [-0.05, 0) is 5.56 Å². The van der Waals surface area contributed by atoms with Crippen LogP contribution in [0.5, 0.6) is 17.2 Å². The highest BCUT2D eigenvalue weighted by atomic mass is 16.8. The van der Waals surface area contributed by atoms with Gasteiger partial charge < -0.3 is 79.1 Å². The zero-order valence-electron chi connectivity index (χ0n) is 25.3. The Bertz CT molecular complexity index is 1440. The van der Waals surface area contributed by atoms with Gasteiger partial charge in [-0.1, -0.05) is 30.3 Å². The highest BCUT2D eigenvalue weighted by molar-refractivity contribution is 6.02. The summed E-state index contributed by atoms with van der Waals surface area (Å²) in [6.45, 7) is -3.27. The van der Waals surface area contributed by atoms with Crippen molar-refractivity contribution in [2.75, 3.05) is 33.0 Å². The molecule has 12 atom stereocenters. The lowest BCUT2D eigenvalue weighted by molar-refractivity contribution is -0.319. The minimum atomic E-state index is -2.15. The lowest BCUT2D eigenvalue weighted by Gasteiger charge is -2.42. The summed E-state index contributed by atoms with van der Waals surface area (Å²) in [6.07, 6.45) is -15.4. The number of ketones is 1. The summed E-state index contributed by atoms with van der Waals surface area (Å²) in [7, 11) is 0. The number of Topliss-reactive ketones (excluding diaryl/α,β-unsaturated/α-hetero) is 1. The van der Waals surface area contributed by atoms with Gasteiger partial charge in [-0.3, -0.25) is 4.79 Å². The number of hydrogen-bond donors (Lipinski definition) is 9. The molecule has 17 heteroatoms. The van der Waals surface area contributed by atoms with E-state index in [9.17, 15) is 50.8 Å². The van der Waals surface area contributed by atoms with Gasteiger partial charge in [0.2, 0.25) is 6.29 Å². The van der Waals surface area contributed by atoms with E-state index in [2.05, 4.69) is 0 Å². The second-order valence-corrected chi connectivity index (χ2v) is 12.3. The maximum absolute atomic E-state index is 12.9. The molecule has 9 N–H and O–H groups in total. The Balaban J connectivity index is 1.18. The molecule has 0 saturated carbocycles. The molecule has 4 heterocycles. The third-order valence-corrected chi connectivity index (χ3v) is 8.90. The first kappa shape index (κ1) is 34.8. The Morgan fingerprint density at radius 2 is 1.56 bits per heavy atom. The van der Waals surface area contributed by atoms with Crippen molar-refractivity contribution in [3.05, 3.63) is 53.6 Å². The molecule has 0 aliphatic carbocycles. The molecule has 4 aliphatic heterocycles. The van der Waals surface area contributed by atoms with Crippen molar-refractivity contribution >= 4 is 5.78 Å². The van der Waals surface area contributed by atoms with E-state index in [1.165, 1.54) is 6.07 Å². The highest BCUT2D eigenvalue weighted by Crippen LogP contribution is 2.43. The molecule has 1 unspecified atom stereocenters. The molecule has 0 amide bonds. The van der Waals surface area contributed by atoms with Crippen LogP contribution in [0, 0.1) is 0 Å². The smallest absolute Gasteiger partial charge is 0.229 e. The van der Waals surface area contributed by atoms with Crippen molar-refractivity contribution in [3.8, 4) is 17.2 Å². The number of ether oxygens (including phenoxy) is 7. The van der Waals surface area contributed by atoms with E-state index in [0.717, 1.165) is 11.6 Å². The van der Waals surface area contributed by atoms with Crippen molar-refractivity contribution in [2.45, 2.75) is 79.2 Å². The third kappa shape index (κ3) is 6.50. The first-order valence-corrected chi connectivity index (χ1v) is 15.2. The molecule has 0 aromatic heterocycles. The number of fused-ring (bicyclic) bond motifs is 1. The molecule has 48 heavy (non-hydrogen) atoms. The van der Waals surface area contributed by atoms with E-state index in [1.54, 1.807) is 24.3 Å². The van der Waals surface area contributed by atoms with Gasteiger partial charge in [-0.15, -0.1) is 0 Å². The van der Waals surface area contributed by atoms with Crippen LogP contribution >= 0.6 is 0 Å². The Labute approximate surface area is 273 Å². The molecule has 2 aromatic carbocycles. The SMILES string of the molecule is O=C1CC(c2ccccc2)Oc2cc(O[C@@H]3O[C@H](CO)[C@@H](O)[C@H](O)[C@H]3O[C@@H]3OC[C@](O)(CO[C@H]4OC[C@](O)(CO)[C@H]4O)[C@H]3O)cc(O)c21. The van der Waals surface area contributed by atoms with Gasteiger partial charge in [0.05, 0.1) is 39.5 Å². The normalized spacial score (nSPS) is 39.6. The Hall–Kier alpha value is -3.01. The monoisotopic (exact) mass is 682 g/mol. The summed E-state index contributed by atoms with van der Waals surface area (Å²) >= 11 is 0. The van der Waals surface area contributed by atoms with Gasteiger partial charge in [0.25, 0.3) is 0 Å². The molecule has 0 bridgehead atoms. The maximum Gasteiger partial charge on any atom is 0.229 e. The fraction of sp³-hybridized carbons (Fsp3) is 0.581. The summed E-state index contributed by atoms with van der Waals surface area (Å²) in [5, 5.41) is 93.7. The van der Waals surface area contributed by atoms with Crippen molar-refractivity contribution in [1.82, 2.24) is 0 Å². The summed E-state index contributed by atoms with van der Waals surface area (Å²) < 4.78 is 39.3. The van der Waals surface area contributed by atoms with Crippen LogP contribution < -0.4 is 9.47 Å². The van der Waals surface area contributed by atoms with E-state index >= 15 is 0 Å². The van der Waals surface area contributed by atoms with Gasteiger partial charge in [0.15, 0.2) is 24.5 Å². The molecule has 0 radical (unpaired) electrons. The first-order chi connectivity index (χ1) is 22.9. The average molecular weight is 683 g/mol. The zero-order chi connectivity index (χ0) is 34.4. The van der Waals surface area contributed by atoms with Crippen molar-refractivity contribution in [1.29, 1.82) is 0 Å². The molecular weight excluding hydrogens is 644 g/mol. The lowest BCUT2D eigenvalue weighted by Crippen LogP contribution is -2.62. The zero-order valence-corrected chi connectivity index (χ0v) is 25.3. The number of phenolic OH excluding ortho intramolecular Hbond substituents is 1. The number of aliphatic hydroxyl groups is 8. The van der Waals surface area contributed by atoms with Crippen LogP contribution in [0.4, 0.5) is 0 Å². The fourth-order valence-corrected chi connectivity index (χ4v) is 5.98. The third-order valence-electron chi connectivity index (χ3n) is 8.90. The van der Waals surface area contributed by atoms with Crippen molar-refractivity contribution in [2.24, 2.45) is 0 Å². The predicted molar refractivity (Wildman–Crippen MR) is 155 cm³/mol. The van der Waals surface area contributed by atoms with E-state index in [0.29, 0.717) is 0 Å². The summed E-state index contributed by atoms with van der Waals surface area (Å²) in [5.41, 5.74) is -3.46. The largest absolute Gasteiger partial charge is 0.507 e. The molecule has 0 spiro atoms. The van der Waals surface area contributed by atoms with Crippen LogP contribution in [0.1, 0.15) is 28.4 Å². The average Bonchev–Trinajstić information content (AvgIpc) is 3.53. The summed E-state index contributed by atoms with van der Waals surface area (Å²) in [6, 6.07) is 11.4. The number of aromatic hydroxyl groups is 1. The summed E-state index contributed by atoms with van der Waals surface area (Å²) in [5.74, 6) is -0.927. The Morgan fingerprint density at radius 3 is 2.25 bits per heavy atom. The van der Waals surface area contributed by atoms with E-state index in [1.807, 2.05) is 6.07 Å². The van der Waals surface area contributed by atoms with Crippen LogP contribution in [-0.4, -0.2) is 151 Å². The number of aliphatic hydroxyl groups excluding tert-OH is 6. The van der Waals surface area contributed by atoms with Crippen LogP contribution in [0.15, 0.2) is 42.5 Å². The number of carbonyl (C=O) groups is 1. The van der Waals surface area contributed by atoms with Gasteiger partial charge in [-0.25, -0.2) is 0 Å². The number of rotatable bonds is 10. The first-order valence-electron chi connectivity index (χ1n) is 15.2. The van der Waals surface area contributed by atoms with Crippen LogP contribution in [0.25, 0.3) is 0 Å². The molecular formula is C31H38O17. The quantitative estimate of drug-likeness (QED) is 0.123. The Morgan fingerprint density at radius 1 is 0.875 bits per heavy atom. The van der Waals surface area contributed by atoms with E-state index in [4.69, 9.17) is 33.2 Å². The molecule has 3 saturated heterocycles. The Kier molecular flexibility index (Phi) is 9.95. The second kappa shape index (κ2) is 13.7. The minimum absolute atomic E-state index is 0.0103. The molecule has 2 aromatic rings. The second-order valence-electron chi connectivity index (χ2n) is 12.3. The molecule has 6 rings (SSSR count). The molecule has 3 fully saturated rings. The van der Waals surface area contributed by atoms with Crippen molar-refractivity contribution in [3.63, 3.8) is 0 Å². The summed E-state index contributed by atoms with van der Waals surface area (Å²) in [4.78, 5) is 12.9. The topological polar surface area (TPSA) is 264 Å². The molecule has 17 nitrogen and oxygen atoms in total. The number of phenols is 1. The lowest BCUT2D eigenvalue weighted by atomic mass is 9.95. The van der Waals surface area contributed by atoms with Crippen molar-refractivity contribution < 1.29 is 83.9 Å². The van der Waals surface area contributed by atoms with Crippen LogP contribution in [0.2, 0.25) is 0 Å². The van der Waals surface area contributed by atoms with Crippen LogP contribution in [-0.2, 0) is 23.7 Å². The molecule has 4 aliphatic rings. The number of benzene rings is 2. The number of hydrogen-bond acceptors (Lipinski definition) is 17. The standard InChI is InChI=1S/C31H38O17/c32-9-20-22(36)23(37)24(48-29-26(39)31(41,13-44-29)12-43-28-25(38)30(40,10-33)11-42-28)27(47-20)45-15-6-16(34)21-17(35)8-18(46-19(21)7-15)14-4-2-1-3-5-14/h1-7,18,20,22-29,32-34,36-41H,8-13H2/t18?,20-,22-,23+,24-,25+,26+,27-,28-,29+,30-,31-/m1/s1. The minimum Gasteiger partial charge on any atom is -0.507 e.